The molecule has 0 aromatic carbocycles. The second-order valence-corrected chi connectivity index (χ2v) is 21.1. The first-order valence-electron chi connectivity index (χ1n) is 29.9. The van der Waals surface area contributed by atoms with Gasteiger partial charge in [-0.3, -0.25) is 4.79 Å². The van der Waals surface area contributed by atoms with Crippen molar-refractivity contribution < 1.29 is 39.8 Å². The standard InChI is InChI=1S/C59H115NO8/c1-3-5-7-9-11-13-15-17-19-21-23-24-25-26-27-28-29-31-33-35-37-39-41-43-45-47-49-55(63)60-52(51-67-59-58(66)57(65)56(64)54(50-61)68-59)53(62)48-46-44-42-40-38-36-34-32-30-22-20-18-16-14-12-10-8-6-4-2/h26-27,52-54,56-59,61-62,64-66H,3-25,28-51H2,1-2H3,(H,60,63)/b27-26-. The second kappa shape index (κ2) is 49.5. The number of carbonyl (C=O) groups excluding carboxylic acids is 1. The molecule has 1 amide bonds. The number of rotatable bonds is 52. The molecule has 404 valence electrons. The number of amides is 1. The third-order valence-corrected chi connectivity index (χ3v) is 14.6. The smallest absolute Gasteiger partial charge is 0.220 e. The SMILES string of the molecule is CCCCCCCCCCCCCC/C=C\CCCCCCCCCCCCC(=O)NC(COC1OC(CO)C(O)C(O)C1O)C(O)CCCCCCCCCCCCCCCCCCCCC. The molecular weight excluding hydrogens is 851 g/mol. The molecule has 1 heterocycles. The molecule has 68 heavy (non-hydrogen) atoms. The molecular formula is C59H115NO8. The summed E-state index contributed by atoms with van der Waals surface area (Å²) in [5, 5.41) is 54.7. The Kier molecular flexibility index (Phi) is 47.3. The fourth-order valence-electron chi connectivity index (χ4n) is 9.87. The van der Waals surface area contributed by atoms with E-state index < -0.39 is 49.5 Å². The highest BCUT2D eigenvalue weighted by Gasteiger charge is 2.44. The maximum atomic E-state index is 13.1. The van der Waals surface area contributed by atoms with Crippen molar-refractivity contribution in [2.24, 2.45) is 0 Å². The third-order valence-electron chi connectivity index (χ3n) is 14.6. The summed E-state index contributed by atoms with van der Waals surface area (Å²) in [5.74, 6) is -0.140. The van der Waals surface area contributed by atoms with Crippen LogP contribution in [0.4, 0.5) is 0 Å². The molecule has 1 aliphatic heterocycles. The Morgan fingerprint density at radius 1 is 0.485 bits per heavy atom. The van der Waals surface area contributed by atoms with Crippen molar-refractivity contribution in [1.82, 2.24) is 5.32 Å². The zero-order valence-electron chi connectivity index (χ0n) is 44.9. The molecule has 0 aromatic heterocycles. The van der Waals surface area contributed by atoms with Gasteiger partial charge in [-0.25, -0.2) is 0 Å². The Morgan fingerprint density at radius 3 is 1.19 bits per heavy atom. The van der Waals surface area contributed by atoms with Crippen LogP contribution in [0.15, 0.2) is 12.2 Å². The summed E-state index contributed by atoms with van der Waals surface area (Å²) in [6.07, 6.45) is 53.9. The van der Waals surface area contributed by atoms with E-state index >= 15 is 0 Å². The number of allylic oxidation sites excluding steroid dienone is 2. The van der Waals surface area contributed by atoms with Gasteiger partial charge < -0.3 is 40.3 Å². The summed E-state index contributed by atoms with van der Waals surface area (Å²) >= 11 is 0. The number of hydrogen-bond acceptors (Lipinski definition) is 8. The molecule has 7 unspecified atom stereocenters. The molecule has 9 nitrogen and oxygen atoms in total. The fraction of sp³-hybridized carbons (Fsp3) is 0.949. The molecule has 0 bridgehead atoms. The molecule has 0 radical (unpaired) electrons. The van der Waals surface area contributed by atoms with E-state index in [-0.39, 0.29) is 12.5 Å². The highest BCUT2D eigenvalue weighted by Crippen LogP contribution is 2.23. The van der Waals surface area contributed by atoms with E-state index in [2.05, 4.69) is 31.3 Å². The van der Waals surface area contributed by atoms with Crippen LogP contribution in [0.3, 0.4) is 0 Å². The van der Waals surface area contributed by atoms with Crippen molar-refractivity contribution in [2.75, 3.05) is 13.2 Å². The number of ether oxygens (including phenoxy) is 2. The van der Waals surface area contributed by atoms with Crippen LogP contribution in [-0.4, -0.2) is 87.5 Å². The van der Waals surface area contributed by atoms with Gasteiger partial charge in [-0.05, 0) is 38.5 Å². The molecule has 1 fully saturated rings. The van der Waals surface area contributed by atoms with Crippen LogP contribution >= 0.6 is 0 Å². The zero-order valence-corrected chi connectivity index (χ0v) is 44.9. The van der Waals surface area contributed by atoms with Crippen LogP contribution in [0.25, 0.3) is 0 Å². The van der Waals surface area contributed by atoms with Gasteiger partial charge in [0.1, 0.15) is 24.4 Å². The summed E-state index contributed by atoms with van der Waals surface area (Å²) in [5.41, 5.74) is 0. The number of carbonyl (C=O) groups is 1. The van der Waals surface area contributed by atoms with Crippen LogP contribution in [0.5, 0.6) is 0 Å². The Bertz CT molecular complexity index is 1080. The predicted molar refractivity (Wildman–Crippen MR) is 286 cm³/mol. The van der Waals surface area contributed by atoms with Crippen molar-refractivity contribution in [1.29, 1.82) is 0 Å². The summed E-state index contributed by atoms with van der Waals surface area (Å²) < 4.78 is 11.3. The molecule has 6 N–H and O–H groups in total. The Balaban J connectivity index is 2.18. The van der Waals surface area contributed by atoms with Crippen molar-refractivity contribution >= 4 is 5.91 Å². The van der Waals surface area contributed by atoms with Crippen molar-refractivity contribution in [3.05, 3.63) is 12.2 Å². The van der Waals surface area contributed by atoms with E-state index in [1.54, 1.807) is 0 Å². The number of nitrogens with one attached hydrogen (secondary N) is 1. The van der Waals surface area contributed by atoms with Gasteiger partial charge in [-0.1, -0.05) is 270 Å². The molecule has 1 saturated heterocycles. The summed E-state index contributed by atoms with van der Waals surface area (Å²) in [6.45, 7) is 3.88. The summed E-state index contributed by atoms with van der Waals surface area (Å²) in [4.78, 5) is 13.1. The monoisotopic (exact) mass is 966 g/mol. The molecule has 1 rings (SSSR count). The first kappa shape index (κ1) is 64.9. The lowest BCUT2D eigenvalue weighted by molar-refractivity contribution is -0.302. The van der Waals surface area contributed by atoms with Crippen LogP contribution < -0.4 is 5.32 Å². The minimum Gasteiger partial charge on any atom is -0.394 e. The Hall–Kier alpha value is -1.07. The minimum absolute atomic E-state index is 0.134. The lowest BCUT2D eigenvalue weighted by Gasteiger charge is -2.40. The number of hydrogen-bond donors (Lipinski definition) is 6. The van der Waals surface area contributed by atoms with E-state index in [0.29, 0.717) is 12.8 Å². The molecule has 9 heteroatoms. The first-order chi connectivity index (χ1) is 33.3. The molecule has 0 aromatic rings. The maximum Gasteiger partial charge on any atom is 0.220 e. The summed E-state index contributed by atoms with van der Waals surface area (Å²) in [6, 6.07) is -0.717. The van der Waals surface area contributed by atoms with E-state index in [4.69, 9.17) is 9.47 Å². The largest absolute Gasteiger partial charge is 0.394 e. The Labute approximate surface area is 420 Å². The van der Waals surface area contributed by atoms with Crippen molar-refractivity contribution in [2.45, 2.75) is 346 Å². The van der Waals surface area contributed by atoms with E-state index in [1.807, 2.05) is 0 Å². The van der Waals surface area contributed by atoms with Gasteiger partial charge in [0.05, 0.1) is 25.4 Å². The molecule has 0 aliphatic carbocycles. The molecule has 7 atom stereocenters. The maximum absolute atomic E-state index is 13.1. The van der Waals surface area contributed by atoms with Gasteiger partial charge in [0.25, 0.3) is 0 Å². The normalized spacial score (nSPS) is 19.5. The van der Waals surface area contributed by atoms with E-state index in [9.17, 15) is 30.3 Å². The quantitative estimate of drug-likeness (QED) is 0.0261. The molecule has 0 spiro atoms. The fourth-order valence-corrected chi connectivity index (χ4v) is 9.87. The van der Waals surface area contributed by atoms with Crippen molar-refractivity contribution in [3.8, 4) is 0 Å². The summed E-state index contributed by atoms with van der Waals surface area (Å²) in [7, 11) is 0. The van der Waals surface area contributed by atoms with Crippen LogP contribution in [-0.2, 0) is 14.3 Å². The van der Waals surface area contributed by atoms with Gasteiger partial charge in [-0.15, -0.1) is 0 Å². The topological polar surface area (TPSA) is 149 Å². The highest BCUT2D eigenvalue weighted by atomic mass is 16.7. The van der Waals surface area contributed by atoms with Gasteiger partial charge in [0.15, 0.2) is 6.29 Å². The lowest BCUT2D eigenvalue weighted by Crippen LogP contribution is -2.60. The number of aliphatic hydroxyl groups excluding tert-OH is 5. The van der Waals surface area contributed by atoms with E-state index in [0.717, 1.165) is 38.5 Å². The molecule has 0 saturated carbocycles. The predicted octanol–water partition coefficient (Wildman–Crippen LogP) is 14.8. The minimum atomic E-state index is -1.55. The van der Waals surface area contributed by atoms with Crippen LogP contribution in [0.1, 0.15) is 303 Å². The van der Waals surface area contributed by atoms with Gasteiger partial charge in [0, 0.05) is 6.42 Å². The average Bonchev–Trinajstić information content (AvgIpc) is 3.34. The van der Waals surface area contributed by atoms with Crippen LogP contribution in [0.2, 0.25) is 0 Å². The lowest BCUT2D eigenvalue weighted by atomic mass is 9.99. The van der Waals surface area contributed by atoms with Crippen LogP contribution in [0, 0.1) is 0 Å². The number of aliphatic hydroxyl groups is 5. The van der Waals surface area contributed by atoms with Gasteiger partial charge in [0.2, 0.25) is 5.91 Å². The molecule has 1 aliphatic rings. The van der Waals surface area contributed by atoms with E-state index in [1.165, 1.54) is 238 Å². The second-order valence-electron chi connectivity index (χ2n) is 21.1. The highest BCUT2D eigenvalue weighted by molar-refractivity contribution is 5.76. The first-order valence-corrected chi connectivity index (χ1v) is 29.9. The zero-order chi connectivity index (χ0) is 49.4. The Morgan fingerprint density at radius 2 is 0.824 bits per heavy atom. The van der Waals surface area contributed by atoms with Crippen molar-refractivity contribution in [3.63, 3.8) is 0 Å². The van der Waals surface area contributed by atoms with Gasteiger partial charge >= 0.3 is 0 Å². The third kappa shape index (κ3) is 38.6. The number of unbranched alkanes of at least 4 members (excludes halogenated alkanes) is 40. The van der Waals surface area contributed by atoms with Gasteiger partial charge in [-0.2, -0.15) is 0 Å². The average molecular weight is 967 g/mol.